The first-order chi connectivity index (χ1) is 7.86. The highest BCUT2D eigenvalue weighted by Gasteiger charge is 2.32. The minimum Gasteiger partial charge on any atom is -0.480 e. The van der Waals surface area contributed by atoms with Crippen LogP contribution in [0.25, 0.3) is 0 Å². The number of hydrogen-bond donors (Lipinski definition) is 2. The van der Waals surface area contributed by atoms with Gasteiger partial charge < -0.3 is 10.4 Å². The van der Waals surface area contributed by atoms with Gasteiger partial charge in [0.1, 0.15) is 6.04 Å². The van der Waals surface area contributed by atoms with E-state index in [0.29, 0.717) is 11.5 Å². The molecule has 3 nitrogen and oxygen atoms in total. The molecule has 1 saturated carbocycles. The maximum absolute atomic E-state index is 10.8. The van der Waals surface area contributed by atoms with Crippen LogP contribution >= 0.6 is 0 Å². The summed E-state index contributed by atoms with van der Waals surface area (Å²) in [5.74, 6) is 0.0479. The average molecular weight is 241 g/mol. The number of rotatable bonds is 5. The molecule has 1 aliphatic rings. The molecule has 1 aliphatic carbocycles. The summed E-state index contributed by atoms with van der Waals surface area (Å²) in [6, 6.07) is -0.0271. The van der Waals surface area contributed by atoms with E-state index in [4.69, 9.17) is 5.11 Å². The number of nitrogens with one attached hydrogen (secondary N) is 1. The monoisotopic (exact) mass is 241 g/mol. The molecule has 17 heavy (non-hydrogen) atoms. The lowest BCUT2D eigenvalue weighted by atomic mass is 9.69. The third-order valence-corrected chi connectivity index (χ3v) is 4.60. The maximum atomic E-state index is 10.8. The number of carboxylic acids is 1. The minimum atomic E-state index is -0.749. The van der Waals surface area contributed by atoms with Gasteiger partial charge in [-0.2, -0.15) is 0 Å². The van der Waals surface area contributed by atoms with Gasteiger partial charge in [-0.3, -0.25) is 4.79 Å². The Kier molecular flexibility index (Phi) is 4.99. The number of carbonyl (C=O) groups is 1. The summed E-state index contributed by atoms with van der Waals surface area (Å²) in [7, 11) is 0. The Bertz CT molecular complexity index is 255. The van der Waals surface area contributed by atoms with E-state index in [-0.39, 0.29) is 0 Å². The van der Waals surface area contributed by atoms with Crippen molar-refractivity contribution in [2.75, 3.05) is 0 Å². The van der Waals surface area contributed by atoms with Crippen LogP contribution in [0, 0.1) is 11.3 Å². The fourth-order valence-corrected chi connectivity index (χ4v) is 2.76. The summed E-state index contributed by atoms with van der Waals surface area (Å²) >= 11 is 0. The van der Waals surface area contributed by atoms with Gasteiger partial charge >= 0.3 is 5.97 Å². The molecule has 0 aromatic rings. The SMILES string of the molecule is CCC(C)(C)C1CCC(N[C@@H](C)C(=O)O)CC1. The van der Waals surface area contributed by atoms with Gasteiger partial charge in [0, 0.05) is 6.04 Å². The van der Waals surface area contributed by atoms with Gasteiger partial charge in [-0.1, -0.05) is 27.2 Å². The van der Waals surface area contributed by atoms with Gasteiger partial charge in [-0.05, 0) is 43.9 Å². The van der Waals surface area contributed by atoms with E-state index in [0.717, 1.165) is 18.8 Å². The van der Waals surface area contributed by atoms with Crippen LogP contribution in [-0.2, 0) is 4.79 Å². The maximum Gasteiger partial charge on any atom is 0.320 e. The predicted molar refractivity (Wildman–Crippen MR) is 70.1 cm³/mol. The highest BCUT2D eigenvalue weighted by atomic mass is 16.4. The number of hydrogen-bond acceptors (Lipinski definition) is 2. The molecule has 1 fully saturated rings. The second-order valence-electron chi connectivity index (χ2n) is 6.12. The van der Waals surface area contributed by atoms with Crippen molar-refractivity contribution in [2.24, 2.45) is 11.3 Å². The number of carboxylic acid groups (broad SMARTS) is 1. The summed E-state index contributed by atoms with van der Waals surface area (Å²) in [4.78, 5) is 10.8. The lowest BCUT2D eigenvalue weighted by Crippen LogP contribution is -2.44. The third kappa shape index (κ3) is 3.98. The van der Waals surface area contributed by atoms with Crippen LogP contribution in [0.15, 0.2) is 0 Å². The molecule has 0 bridgehead atoms. The second-order valence-corrected chi connectivity index (χ2v) is 6.12. The molecular weight excluding hydrogens is 214 g/mol. The van der Waals surface area contributed by atoms with Crippen molar-refractivity contribution in [2.45, 2.75) is 71.9 Å². The highest BCUT2D eigenvalue weighted by molar-refractivity contribution is 5.72. The van der Waals surface area contributed by atoms with Crippen molar-refractivity contribution in [3.8, 4) is 0 Å². The largest absolute Gasteiger partial charge is 0.480 e. The summed E-state index contributed by atoms with van der Waals surface area (Å²) in [6.45, 7) is 8.69. The Hall–Kier alpha value is -0.570. The molecule has 0 heterocycles. The van der Waals surface area contributed by atoms with Crippen molar-refractivity contribution in [1.82, 2.24) is 5.32 Å². The Morgan fingerprint density at radius 2 is 1.88 bits per heavy atom. The molecule has 0 radical (unpaired) electrons. The molecule has 0 aliphatic heterocycles. The molecule has 2 N–H and O–H groups in total. The van der Waals surface area contributed by atoms with Gasteiger partial charge in [0.05, 0.1) is 0 Å². The van der Waals surface area contributed by atoms with E-state index in [9.17, 15) is 4.79 Å². The fourth-order valence-electron chi connectivity index (χ4n) is 2.76. The first-order valence-corrected chi connectivity index (χ1v) is 6.85. The minimum absolute atomic E-state index is 0.394. The molecule has 1 rings (SSSR count). The quantitative estimate of drug-likeness (QED) is 0.778. The molecule has 0 aromatic heterocycles. The van der Waals surface area contributed by atoms with Gasteiger partial charge in [-0.25, -0.2) is 0 Å². The van der Waals surface area contributed by atoms with Crippen LogP contribution in [0.1, 0.15) is 59.8 Å². The van der Waals surface area contributed by atoms with Crippen molar-refractivity contribution in [1.29, 1.82) is 0 Å². The Morgan fingerprint density at radius 3 is 2.29 bits per heavy atom. The smallest absolute Gasteiger partial charge is 0.320 e. The zero-order chi connectivity index (χ0) is 13.1. The van der Waals surface area contributed by atoms with E-state index in [1.54, 1.807) is 6.92 Å². The number of aliphatic carboxylic acids is 1. The summed E-state index contributed by atoms with van der Waals surface area (Å²) in [6.07, 6.45) is 5.91. The molecule has 0 spiro atoms. The summed E-state index contributed by atoms with van der Waals surface area (Å²) in [5, 5.41) is 12.1. The normalized spacial score (nSPS) is 27.8. The lowest BCUT2D eigenvalue weighted by molar-refractivity contribution is -0.139. The van der Waals surface area contributed by atoms with Crippen molar-refractivity contribution < 1.29 is 9.90 Å². The van der Waals surface area contributed by atoms with Crippen molar-refractivity contribution >= 4 is 5.97 Å². The zero-order valence-corrected chi connectivity index (χ0v) is 11.6. The Balaban J connectivity index is 2.38. The van der Waals surface area contributed by atoms with Crippen molar-refractivity contribution in [3.05, 3.63) is 0 Å². The molecule has 1 atom stereocenters. The molecule has 0 amide bonds. The molecule has 0 unspecified atom stereocenters. The van der Waals surface area contributed by atoms with Crippen LogP contribution in [-0.4, -0.2) is 23.2 Å². The predicted octanol–water partition coefficient (Wildman–Crippen LogP) is 3.04. The van der Waals surface area contributed by atoms with Crippen LogP contribution in [0.4, 0.5) is 0 Å². The molecule has 0 aromatic carbocycles. The first kappa shape index (κ1) is 14.5. The lowest BCUT2D eigenvalue weighted by Gasteiger charge is -2.39. The molecule has 3 heteroatoms. The van der Waals surface area contributed by atoms with Crippen molar-refractivity contribution in [3.63, 3.8) is 0 Å². The van der Waals surface area contributed by atoms with Gasteiger partial charge in [-0.15, -0.1) is 0 Å². The van der Waals surface area contributed by atoms with Crippen LogP contribution < -0.4 is 5.32 Å². The first-order valence-electron chi connectivity index (χ1n) is 6.85. The van der Waals surface area contributed by atoms with Crippen LogP contribution in [0.2, 0.25) is 0 Å². The van der Waals surface area contributed by atoms with Crippen LogP contribution in [0.3, 0.4) is 0 Å². The highest BCUT2D eigenvalue weighted by Crippen LogP contribution is 2.40. The van der Waals surface area contributed by atoms with E-state index in [1.165, 1.54) is 19.3 Å². The molecular formula is C14H27NO2. The molecule has 0 saturated heterocycles. The van der Waals surface area contributed by atoms with E-state index >= 15 is 0 Å². The third-order valence-electron chi connectivity index (χ3n) is 4.60. The van der Waals surface area contributed by atoms with Crippen LogP contribution in [0.5, 0.6) is 0 Å². The topological polar surface area (TPSA) is 49.3 Å². The standard InChI is InChI=1S/C14H27NO2/c1-5-14(3,4)11-6-8-12(9-7-11)15-10(2)13(16)17/h10-12,15H,5-9H2,1-4H3,(H,16,17)/t10-,11?,12?/m0/s1. The van der Waals surface area contributed by atoms with E-state index in [1.807, 2.05) is 0 Å². The Morgan fingerprint density at radius 1 is 1.35 bits per heavy atom. The fraction of sp³-hybridized carbons (Fsp3) is 0.929. The second kappa shape index (κ2) is 5.85. The van der Waals surface area contributed by atoms with Gasteiger partial charge in [0.25, 0.3) is 0 Å². The average Bonchev–Trinajstić information content (AvgIpc) is 2.29. The van der Waals surface area contributed by atoms with Gasteiger partial charge in [0.2, 0.25) is 0 Å². The van der Waals surface area contributed by atoms with Gasteiger partial charge in [0.15, 0.2) is 0 Å². The van der Waals surface area contributed by atoms with E-state index in [2.05, 4.69) is 26.1 Å². The molecule has 100 valence electrons. The zero-order valence-electron chi connectivity index (χ0n) is 11.6. The summed E-state index contributed by atoms with van der Waals surface area (Å²) in [5.41, 5.74) is 0.434. The van der Waals surface area contributed by atoms with E-state index < -0.39 is 12.0 Å². The summed E-state index contributed by atoms with van der Waals surface area (Å²) < 4.78 is 0. The Labute approximate surface area is 105 Å².